The Labute approximate surface area is 109 Å². The second-order valence-electron chi connectivity index (χ2n) is 6.08. The van der Waals surface area contributed by atoms with Crippen molar-refractivity contribution in [2.45, 2.75) is 76.5 Å². The van der Waals surface area contributed by atoms with Crippen molar-refractivity contribution < 1.29 is 4.74 Å². The molecule has 0 amide bonds. The van der Waals surface area contributed by atoms with E-state index in [1.807, 2.05) is 0 Å². The van der Waals surface area contributed by atoms with E-state index in [-0.39, 0.29) is 0 Å². The third-order valence-electron chi connectivity index (χ3n) is 4.76. The van der Waals surface area contributed by atoms with Crippen molar-refractivity contribution in [1.82, 2.24) is 0 Å². The monoisotopic (exact) mass is 256 g/mol. The second kappa shape index (κ2) is 7.10. The lowest BCUT2D eigenvalue weighted by molar-refractivity contribution is 0.00885. The molecule has 2 heteroatoms. The summed E-state index contributed by atoms with van der Waals surface area (Å²) in [6, 6.07) is 0. The molecular weight excluding hydrogens is 227 g/mol. The summed E-state index contributed by atoms with van der Waals surface area (Å²) >= 11 is 0. The molecule has 0 heterocycles. The Morgan fingerprint density at radius 1 is 0.882 bits per heavy atom. The maximum Gasteiger partial charge on any atom is 0.0575 e. The maximum absolute atomic E-state index is 5.88. The van der Waals surface area contributed by atoms with Crippen molar-refractivity contribution in [3.8, 4) is 0 Å². The summed E-state index contributed by atoms with van der Waals surface area (Å²) in [5.74, 6) is 2.06. The molecule has 2 rings (SSSR count). The van der Waals surface area contributed by atoms with Crippen LogP contribution in [0.3, 0.4) is 0 Å². The largest absolute Gasteiger partial charge is 0.378 e. The van der Waals surface area contributed by atoms with Gasteiger partial charge < -0.3 is 4.74 Å². The summed E-state index contributed by atoms with van der Waals surface area (Å²) in [5.41, 5.74) is 0.912. The Morgan fingerprint density at radius 3 is 1.94 bits per heavy atom. The lowest BCUT2D eigenvalue weighted by atomic mass is 9.73. The van der Waals surface area contributed by atoms with Crippen molar-refractivity contribution in [1.29, 1.82) is 0 Å². The molecule has 17 heavy (non-hydrogen) atoms. The fourth-order valence-corrected chi connectivity index (χ4v) is 4.01. The molecule has 0 saturated heterocycles. The highest BCUT2D eigenvalue weighted by Gasteiger charge is 2.29. The van der Waals surface area contributed by atoms with Gasteiger partial charge in [0.1, 0.15) is 0 Å². The number of hydrogen-bond donors (Lipinski definition) is 0. The Hall–Kier alpha value is 0.390. The summed E-state index contributed by atoms with van der Waals surface area (Å²) < 4.78 is 5.88. The molecular formula is C15H29OP. The zero-order valence-corrected chi connectivity index (χ0v) is 12.5. The van der Waals surface area contributed by atoms with Crippen LogP contribution < -0.4 is 0 Å². The second-order valence-corrected chi connectivity index (χ2v) is 7.03. The van der Waals surface area contributed by atoms with Crippen molar-refractivity contribution in [2.75, 3.05) is 6.61 Å². The number of rotatable bonds is 4. The molecule has 0 aromatic rings. The third-order valence-corrected chi connectivity index (χ3v) is 5.43. The summed E-state index contributed by atoms with van der Waals surface area (Å²) in [6.07, 6.45) is 13.1. The molecule has 100 valence electrons. The number of ether oxygens (including phenoxy) is 1. The van der Waals surface area contributed by atoms with E-state index in [1.165, 1.54) is 51.4 Å². The van der Waals surface area contributed by atoms with Crippen molar-refractivity contribution in [2.24, 2.45) is 11.8 Å². The topological polar surface area (TPSA) is 9.23 Å². The maximum atomic E-state index is 5.88. The number of hydrogen-bond acceptors (Lipinski definition) is 1. The van der Waals surface area contributed by atoms with Gasteiger partial charge in [-0.15, -0.1) is 9.24 Å². The van der Waals surface area contributed by atoms with Gasteiger partial charge in [-0.25, -0.2) is 0 Å². The van der Waals surface area contributed by atoms with Crippen molar-refractivity contribution >= 4 is 9.24 Å². The van der Waals surface area contributed by atoms with E-state index < -0.39 is 0 Å². The Bertz CT molecular complexity index is 203. The first-order valence-corrected chi connectivity index (χ1v) is 8.33. The van der Waals surface area contributed by atoms with Crippen LogP contribution in [0, 0.1) is 11.8 Å². The Balaban J connectivity index is 1.68. The van der Waals surface area contributed by atoms with E-state index >= 15 is 0 Å². The van der Waals surface area contributed by atoms with Gasteiger partial charge >= 0.3 is 0 Å². The van der Waals surface area contributed by atoms with Gasteiger partial charge in [0.2, 0.25) is 0 Å². The van der Waals surface area contributed by atoms with E-state index in [4.69, 9.17) is 4.74 Å². The zero-order chi connectivity index (χ0) is 12.1. The van der Waals surface area contributed by atoms with Gasteiger partial charge in [-0.1, -0.05) is 6.92 Å². The fourth-order valence-electron chi connectivity index (χ4n) is 3.63. The summed E-state index contributed by atoms with van der Waals surface area (Å²) in [4.78, 5) is 0. The average Bonchev–Trinajstić information content (AvgIpc) is 2.38. The predicted octanol–water partition coefficient (Wildman–Crippen LogP) is 4.41. The first kappa shape index (κ1) is 13.8. The molecule has 0 aliphatic heterocycles. The van der Waals surface area contributed by atoms with E-state index in [1.54, 1.807) is 0 Å². The van der Waals surface area contributed by atoms with Crippen LogP contribution in [-0.2, 0) is 4.74 Å². The fraction of sp³-hybridized carbons (Fsp3) is 1.00. The van der Waals surface area contributed by atoms with Crippen LogP contribution in [0.4, 0.5) is 0 Å². The van der Waals surface area contributed by atoms with Gasteiger partial charge in [0.25, 0.3) is 0 Å². The van der Waals surface area contributed by atoms with Crippen LogP contribution in [0.25, 0.3) is 0 Å². The van der Waals surface area contributed by atoms with Crippen LogP contribution in [-0.4, -0.2) is 18.4 Å². The van der Waals surface area contributed by atoms with Gasteiger partial charge in [0.05, 0.1) is 6.10 Å². The van der Waals surface area contributed by atoms with E-state index in [9.17, 15) is 0 Å². The van der Waals surface area contributed by atoms with E-state index in [0.29, 0.717) is 6.10 Å². The minimum atomic E-state index is 0.587. The van der Waals surface area contributed by atoms with Crippen LogP contribution in [0.15, 0.2) is 0 Å². The zero-order valence-electron chi connectivity index (χ0n) is 11.4. The highest BCUT2D eigenvalue weighted by atomic mass is 31.0. The molecule has 0 radical (unpaired) electrons. The first-order valence-electron chi connectivity index (χ1n) is 7.66. The minimum Gasteiger partial charge on any atom is -0.378 e. The molecule has 0 N–H and O–H groups in total. The first-order chi connectivity index (χ1) is 8.29. The van der Waals surface area contributed by atoms with Gasteiger partial charge in [0, 0.05) is 6.61 Å². The minimum absolute atomic E-state index is 0.587. The van der Waals surface area contributed by atoms with E-state index in [2.05, 4.69) is 16.2 Å². The molecule has 0 bridgehead atoms. The molecule has 2 fully saturated rings. The lowest BCUT2D eigenvalue weighted by Crippen LogP contribution is -2.28. The standard InChI is InChI=1S/C15H29OP/c1-2-11-16-14-7-3-12(4-8-14)13-5-9-15(17)10-6-13/h12-15H,2-11,17H2,1H3. The van der Waals surface area contributed by atoms with Gasteiger partial charge in [-0.2, -0.15) is 0 Å². The summed E-state index contributed by atoms with van der Waals surface area (Å²) in [7, 11) is 3.02. The molecule has 1 unspecified atom stereocenters. The molecule has 0 aromatic heterocycles. The van der Waals surface area contributed by atoms with Crippen LogP contribution in [0.1, 0.15) is 64.7 Å². The Morgan fingerprint density at radius 2 is 1.41 bits per heavy atom. The van der Waals surface area contributed by atoms with Crippen LogP contribution in [0.2, 0.25) is 0 Å². The molecule has 2 aliphatic rings. The van der Waals surface area contributed by atoms with E-state index in [0.717, 1.165) is 30.5 Å². The van der Waals surface area contributed by atoms with Crippen molar-refractivity contribution in [3.63, 3.8) is 0 Å². The molecule has 0 spiro atoms. The van der Waals surface area contributed by atoms with Gasteiger partial charge in [0.15, 0.2) is 0 Å². The van der Waals surface area contributed by atoms with Crippen LogP contribution in [0.5, 0.6) is 0 Å². The smallest absolute Gasteiger partial charge is 0.0575 e. The van der Waals surface area contributed by atoms with Gasteiger partial charge in [-0.3, -0.25) is 0 Å². The quantitative estimate of drug-likeness (QED) is 0.677. The SMILES string of the molecule is CCCOC1CCC(C2CCC(P)CC2)CC1. The van der Waals surface area contributed by atoms with Crippen molar-refractivity contribution in [3.05, 3.63) is 0 Å². The lowest BCUT2D eigenvalue weighted by Gasteiger charge is -2.37. The molecule has 2 aliphatic carbocycles. The molecule has 2 saturated carbocycles. The summed E-state index contributed by atoms with van der Waals surface area (Å²) in [6.45, 7) is 3.17. The predicted molar refractivity (Wildman–Crippen MR) is 77.4 cm³/mol. The highest BCUT2D eigenvalue weighted by molar-refractivity contribution is 7.17. The van der Waals surface area contributed by atoms with Crippen LogP contribution >= 0.6 is 9.24 Å². The average molecular weight is 256 g/mol. The molecule has 1 atom stereocenters. The highest BCUT2D eigenvalue weighted by Crippen LogP contribution is 2.40. The third kappa shape index (κ3) is 4.21. The molecule has 1 nitrogen and oxygen atoms in total. The normalized spacial score (nSPS) is 39.2. The Kier molecular flexibility index (Phi) is 5.77. The molecule has 0 aromatic carbocycles. The summed E-state index contributed by atoms with van der Waals surface area (Å²) in [5, 5.41) is 0. The van der Waals surface area contributed by atoms with Gasteiger partial charge in [-0.05, 0) is 75.3 Å².